The van der Waals surface area contributed by atoms with Gasteiger partial charge in [0.15, 0.2) is 0 Å². The smallest absolute Gasteiger partial charge is 0.338 e. The van der Waals surface area contributed by atoms with E-state index in [0.717, 1.165) is 25.7 Å². The van der Waals surface area contributed by atoms with Gasteiger partial charge in [0.2, 0.25) is 0 Å². The normalized spacial score (nSPS) is 26.7. The molecular formula is C19H23ClN2O3. The fourth-order valence-electron chi connectivity index (χ4n) is 3.47. The van der Waals surface area contributed by atoms with Crippen LogP contribution in [0.25, 0.3) is 0 Å². The van der Waals surface area contributed by atoms with Gasteiger partial charge in [-0.05, 0) is 50.2 Å². The van der Waals surface area contributed by atoms with Gasteiger partial charge in [-0.2, -0.15) is 0 Å². The molecule has 0 unspecified atom stereocenters. The second kappa shape index (κ2) is 7.48. The molecule has 0 bridgehead atoms. The van der Waals surface area contributed by atoms with Crippen molar-refractivity contribution in [2.45, 2.75) is 51.7 Å². The molecule has 0 aromatic heterocycles. The van der Waals surface area contributed by atoms with Crippen molar-refractivity contribution in [3.8, 4) is 0 Å². The first-order valence-corrected chi connectivity index (χ1v) is 9.07. The number of rotatable bonds is 3. The van der Waals surface area contributed by atoms with E-state index in [-0.39, 0.29) is 12.1 Å². The molecule has 1 aliphatic heterocycles. The van der Waals surface area contributed by atoms with Crippen LogP contribution in [-0.2, 0) is 9.53 Å². The molecule has 1 heterocycles. The predicted octanol–water partition coefficient (Wildman–Crippen LogP) is 4.09. The summed E-state index contributed by atoms with van der Waals surface area (Å²) in [7, 11) is 0. The van der Waals surface area contributed by atoms with Gasteiger partial charge in [0.25, 0.3) is 0 Å². The second-order valence-electron chi connectivity index (χ2n) is 6.88. The van der Waals surface area contributed by atoms with E-state index in [1.807, 2.05) is 12.1 Å². The molecule has 1 aliphatic carbocycles. The summed E-state index contributed by atoms with van der Waals surface area (Å²) in [6.45, 7) is 3.93. The molecule has 2 N–H and O–H groups in total. The van der Waals surface area contributed by atoms with Crippen LogP contribution < -0.4 is 10.6 Å². The molecule has 1 fully saturated rings. The maximum Gasteiger partial charge on any atom is 0.338 e. The number of amides is 2. The van der Waals surface area contributed by atoms with Gasteiger partial charge in [0.05, 0.1) is 11.6 Å². The monoisotopic (exact) mass is 362 g/mol. The van der Waals surface area contributed by atoms with Crippen molar-refractivity contribution in [1.82, 2.24) is 10.6 Å². The number of carbonyl (C=O) groups is 2. The zero-order valence-electron chi connectivity index (χ0n) is 14.5. The van der Waals surface area contributed by atoms with Crippen molar-refractivity contribution in [3.63, 3.8) is 0 Å². The van der Waals surface area contributed by atoms with Crippen LogP contribution in [0.2, 0.25) is 5.02 Å². The third-order valence-corrected chi connectivity index (χ3v) is 5.29. The van der Waals surface area contributed by atoms with E-state index in [1.54, 1.807) is 19.1 Å². The highest BCUT2D eigenvalue weighted by atomic mass is 35.5. The van der Waals surface area contributed by atoms with Crippen LogP contribution in [-0.4, -0.2) is 18.1 Å². The molecule has 1 saturated carbocycles. The molecule has 1 atom stereocenters. The summed E-state index contributed by atoms with van der Waals surface area (Å²) in [4.78, 5) is 24.8. The lowest BCUT2D eigenvalue weighted by molar-refractivity contribution is -0.146. The lowest BCUT2D eigenvalue weighted by atomic mass is 9.89. The first-order valence-electron chi connectivity index (χ1n) is 8.69. The molecule has 25 heavy (non-hydrogen) atoms. The lowest BCUT2D eigenvalue weighted by Crippen LogP contribution is -2.45. The number of carbonyl (C=O) groups excluding carboxylic acids is 2. The van der Waals surface area contributed by atoms with Crippen LogP contribution in [0, 0.1) is 5.92 Å². The minimum Gasteiger partial charge on any atom is -0.459 e. The van der Waals surface area contributed by atoms with E-state index in [0.29, 0.717) is 27.8 Å². The molecule has 1 aromatic carbocycles. The van der Waals surface area contributed by atoms with E-state index in [1.165, 1.54) is 0 Å². The zero-order valence-corrected chi connectivity index (χ0v) is 15.2. The highest BCUT2D eigenvalue weighted by molar-refractivity contribution is 6.31. The number of hydrogen-bond acceptors (Lipinski definition) is 3. The number of urea groups is 1. The Bertz CT molecular complexity index is 708. The molecule has 0 spiro atoms. The summed E-state index contributed by atoms with van der Waals surface area (Å²) >= 11 is 6.28. The van der Waals surface area contributed by atoms with Crippen LogP contribution in [0.4, 0.5) is 4.79 Å². The summed E-state index contributed by atoms with van der Waals surface area (Å²) in [5.74, 6) is 0.289. The summed E-state index contributed by atoms with van der Waals surface area (Å²) in [6.07, 6.45) is 3.84. The average Bonchev–Trinajstić information content (AvgIpc) is 2.56. The Balaban J connectivity index is 1.85. The molecular weight excluding hydrogens is 340 g/mol. The van der Waals surface area contributed by atoms with Crippen molar-refractivity contribution in [1.29, 1.82) is 0 Å². The minimum atomic E-state index is -0.613. The quantitative estimate of drug-likeness (QED) is 0.796. The topological polar surface area (TPSA) is 67.4 Å². The van der Waals surface area contributed by atoms with Crippen LogP contribution in [0.5, 0.6) is 0 Å². The number of benzene rings is 1. The van der Waals surface area contributed by atoms with Crippen molar-refractivity contribution < 1.29 is 14.3 Å². The summed E-state index contributed by atoms with van der Waals surface area (Å²) in [6, 6.07) is 6.22. The van der Waals surface area contributed by atoms with Gasteiger partial charge in [-0.15, -0.1) is 0 Å². The molecule has 2 aliphatic rings. The summed E-state index contributed by atoms with van der Waals surface area (Å²) < 4.78 is 5.75. The summed E-state index contributed by atoms with van der Waals surface area (Å²) in [5.41, 5.74) is 1.59. The van der Waals surface area contributed by atoms with Gasteiger partial charge < -0.3 is 15.4 Å². The number of esters is 1. The predicted molar refractivity (Wildman–Crippen MR) is 96.1 cm³/mol. The first-order chi connectivity index (χ1) is 12.0. The summed E-state index contributed by atoms with van der Waals surface area (Å²) in [5, 5.41) is 5.94. The zero-order chi connectivity index (χ0) is 18.0. The Morgan fingerprint density at radius 1 is 1.20 bits per heavy atom. The van der Waals surface area contributed by atoms with Gasteiger partial charge in [-0.1, -0.05) is 36.7 Å². The number of halogens is 1. The van der Waals surface area contributed by atoms with Gasteiger partial charge in [-0.3, -0.25) is 0 Å². The van der Waals surface area contributed by atoms with Crippen molar-refractivity contribution >= 4 is 23.6 Å². The highest BCUT2D eigenvalue weighted by Gasteiger charge is 2.34. The molecule has 134 valence electrons. The number of nitrogens with one attached hydrogen (secondary N) is 2. The Morgan fingerprint density at radius 2 is 1.88 bits per heavy atom. The molecule has 0 radical (unpaired) electrons. The first kappa shape index (κ1) is 17.8. The molecule has 6 heteroatoms. The third-order valence-electron chi connectivity index (χ3n) is 4.94. The van der Waals surface area contributed by atoms with Gasteiger partial charge in [0, 0.05) is 10.7 Å². The Hall–Kier alpha value is -2.01. The van der Waals surface area contributed by atoms with E-state index in [4.69, 9.17) is 16.3 Å². The third kappa shape index (κ3) is 3.98. The standard InChI is InChI=1S/C19H23ClN2O3/c1-11-7-9-13(10-8-11)25-18(23)16-12(2)21-19(24)22-17(16)14-5-3-4-6-15(14)20/h3-6,11,13,17H,7-10H2,1-2H3,(H2,21,22,24)/t11?,13?,17-/m0/s1. The Morgan fingerprint density at radius 3 is 2.56 bits per heavy atom. The maximum atomic E-state index is 12.8. The van der Waals surface area contributed by atoms with Crippen molar-refractivity contribution in [3.05, 3.63) is 46.1 Å². The van der Waals surface area contributed by atoms with Crippen LogP contribution in [0.3, 0.4) is 0 Å². The molecule has 2 amide bonds. The molecule has 1 aromatic rings. The fraction of sp³-hybridized carbons (Fsp3) is 0.474. The van der Waals surface area contributed by atoms with E-state index >= 15 is 0 Å². The molecule has 5 nitrogen and oxygen atoms in total. The van der Waals surface area contributed by atoms with Gasteiger partial charge in [0.1, 0.15) is 6.10 Å². The fourth-order valence-corrected chi connectivity index (χ4v) is 3.71. The average molecular weight is 363 g/mol. The van der Waals surface area contributed by atoms with Crippen LogP contribution in [0.15, 0.2) is 35.5 Å². The molecule has 0 saturated heterocycles. The maximum absolute atomic E-state index is 12.8. The SMILES string of the molecule is CC1=C(C(=O)OC2CCC(C)CC2)[C@H](c2ccccc2Cl)NC(=O)N1. The van der Waals surface area contributed by atoms with E-state index in [9.17, 15) is 9.59 Å². The van der Waals surface area contributed by atoms with Crippen molar-refractivity contribution in [2.75, 3.05) is 0 Å². The second-order valence-corrected chi connectivity index (χ2v) is 7.29. The van der Waals surface area contributed by atoms with Crippen LogP contribution >= 0.6 is 11.6 Å². The van der Waals surface area contributed by atoms with Gasteiger partial charge >= 0.3 is 12.0 Å². The molecule has 3 rings (SSSR count). The van der Waals surface area contributed by atoms with E-state index in [2.05, 4.69) is 17.6 Å². The van der Waals surface area contributed by atoms with Crippen LogP contribution in [0.1, 0.15) is 51.1 Å². The highest BCUT2D eigenvalue weighted by Crippen LogP contribution is 2.33. The van der Waals surface area contributed by atoms with Crippen molar-refractivity contribution in [2.24, 2.45) is 5.92 Å². The number of allylic oxidation sites excluding steroid dienone is 1. The minimum absolute atomic E-state index is 0.0616. The number of hydrogen-bond donors (Lipinski definition) is 2. The van der Waals surface area contributed by atoms with Gasteiger partial charge in [-0.25, -0.2) is 9.59 Å². The largest absolute Gasteiger partial charge is 0.459 e. The Kier molecular flexibility index (Phi) is 5.33. The lowest BCUT2D eigenvalue weighted by Gasteiger charge is -2.31. The van der Waals surface area contributed by atoms with E-state index < -0.39 is 12.0 Å². The number of ether oxygens (including phenoxy) is 1. The Labute approximate surface area is 152 Å².